The van der Waals surface area contributed by atoms with Crippen molar-refractivity contribution in [1.29, 1.82) is 0 Å². The summed E-state index contributed by atoms with van der Waals surface area (Å²) in [4.78, 5) is 12.1. The van der Waals surface area contributed by atoms with Crippen LogP contribution >= 0.6 is 22.6 Å². The van der Waals surface area contributed by atoms with E-state index >= 15 is 0 Å². The molecule has 0 spiro atoms. The van der Waals surface area contributed by atoms with Crippen LogP contribution in [0.15, 0.2) is 34.9 Å². The lowest BCUT2D eigenvalue weighted by molar-refractivity contribution is 0.102. The molecule has 0 fully saturated rings. The van der Waals surface area contributed by atoms with Crippen LogP contribution in [0.2, 0.25) is 0 Å². The molecular formula is C14H14INO2. The zero-order chi connectivity index (χ0) is 13.1. The van der Waals surface area contributed by atoms with Crippen molar-refractivity contribution in [2.75, 3.05) is 5.32 Å². The molecule has 0 bridgehead atoms. The summed E-state index contributed by atoms with van der Waals surface area (Å²) in [7, 11) is 0. The second-order valence-electron chi connectivity index (χ2n) is 4.02. The zero-order valence-corrected chi connectivity index (χ0v) is 12.4. The standard InChI is InChI=1S/C14H14INO2/c1-3-13-11(6-7-18-13)14(17)16-12-8-10(15)5-4-9(12)2/h4-8H,3H2,1-2H3,(H,16,17). The Hall–Kier alpha value is -1.30. The van der Waals surface area contributed by atoms with E-state index in [-0.39, 0.29) is 5.91 Å². The van der Waals surface area contributed by atoms with Crippen molar-refractivity contribution in [1.82, 2.24) is 0 Å². The van der Waals surface area contributed by atoms with E-state index in [0.29, 0.717) is 12.0 Å². The highest BCUT2D eigenvalue weighted by molar-refractivity contribution is 14.1. The van der Waals surface area contributed by atoms with Gasteiger partial charge in [-0.05, 0) is 53.3 Å². The van der Waals surface area contributed by atoms with Gasteiger partial charge in [0.2, 0.25) is 0 Å². The van der Waals surface area contributed by atoms with Crippen molar-refractivity contribution in [3.05, 3.63) is 51.0 Å². The van der Waals surface area contributed by atoms with Crippen LogP contribution < -0.4 is 5.32 Å². The Morgan fingerprint density at radius 3 is 2.89 bits per heavy atom. The van der Waals surface area contributed by atoms with Crippen molar-refractivity contribution >= 4 is 34.2 Å². The van der Waals surface area contributed by atoms with Crippen LogP contribution in [0.1, 0.15) is 28.6 Å². The van der Waals surface area contributed by atoms with Crippen LogP contribution in [-0.2, 0) is 6.42 Å². The molecule has 0 atom stereocenters. The minimum absolute atomic E-state index is 0.120. The number of amides is 1. The summed E-state index contributed by atoms with van der Waals surface area (Å²) in [5.41, 5.74) is 2.50. The second kappa shape index (κ2) is 5.56. The third-order valence-corrected chi connectivity index (χ3v) is 3.43. The molecule has 0 unspecified atom stereocenters. The molecule has 0 saturated heterocycles. The summed E-state index contributed by atoms with van der Waals surface area (Å²) in [6.45, 7) is 3.94. The van der Waals surface area contributed by atoms with Gasteiger partial charge in [-0.1, -0.05) is 13.0 Å². The molecule has 1 aromatic heterocycles. The molecule has 0 aliphatic carbocycles. The van der Waals surface area contributed by atoms with Crippen LogP contribution in [0.5, 0.6) is 0 Å². The number of rotatable bonds is 3. The van der Waals surface area contributed by atoms with E-state index < -0.39 is 0 Å². The molecule has 1 aromatic carbocycles. The largest absolute Gasteiger partial charge is 0.469 e. The van der Waals surface area contributed by atoms with Gasteiger partial charge in [0.1, 0.15) is 5.76 Å². The number of halogens is 1. The lowest BCUT2D eigenvalue weighted by Crippen LogP contribution is -2.13. The second-order valence-corrected chi connectivity index (χ2v) is 5.27. The molecule has 3 nitrogen and oxygen atoms in total. The SMILES string of the molecule is CCc1occc1C(=O)Nc1cc(I)ccc1C. The van der Waals surface area contributed by atoms with Gasteiger partial charge >= 0.3 is 0 Å². The maximum absolute atomic E-state index is 12.1. The lowest BCUT2D eigenvalue weighted by Gasteiger charge is -2.08. The van der Waals surface area contributed by atoms with Crippen molar-refractivity contribution in [2.24, 2.45) is 0 Å². The highest BCUT2D eigenvalue weighted by atomic mass is 127. The van der Waals surface area contributed by atoms with Gasteiger partial charge in [0, 0.05) is 15.7 Å². The van der Waals surface area contributed by atoms with Gasteiger partial charge in [-0.15, -0.1) is 0 Å². The smallest absolute Gasteiger partial charge is 0.259 e. The molecule has 4 heteroatoms. The fourth-order valence-electron chi connectivity index (χ4n) is 1.74. The molecule has 0 radical (unpaired) electrons. The molecular weight excluding hydrogens is 341 g/mol. The monoisotopic (exact) mass is 355 g/mol. The Balaban J connectivity index is 2.24. The molecule has 1 heterocycles. The van der Waals surface area contributed by atoms with E-state index in [9.17, 15) is 4.79 Å². The van der Waals surface area contributed by atoms with E-state index in [0.717, 1.165) is 20.6 Å². The molecule has 0 aliphatic heterocycles. The average molecular weight is 355 g/mol. The third-order valence-electron chi connectivity index (χ3n) is 2.76. The van der Waals surface area contributed by atoms with Crippen molar-refractivity contribution in [3.63, 3.8) is 0 Å². The van der Waals surface area contributed by atoms with Crippen molar-refractivity contribution < 1.29 is 9.21 Å². The van der Waals surface area contributed by atoms with Crippen LogP contribution in [0, 0.1) is 10.5 Å². The Kier molecular flexibility index (Phi) is 4.06. The predicted molar refractivity (Wildman–Crippen MR) is 79.9 cm³/mol. The predicted octanol–water partition coefficient (Wildman–Crippen LogP) is 4.01. The molecule has 1 amide bonds. The summed E-state index contributed by atoms with van der Waals surface area (Å²) < 4.78 is 6.36. The average Bonchev–Trinajstić information content (AvgIpc) is 2.82. The highest BCUT2D eigenvalue weighted by Gasteiger charge is 2.14. The first kappa shape index (κ1) is 13.1. The molecule has 1 N–H and O–H groups in total. The number of nitrogens with one attached hydrogen (secondary N) is 1. The number of aryl methyl sites for hydroxylation is 2. The number of furan rings is 1. The Morgan fingerprint density at radius 1 is 1.39 bits per heavy atom. The van der Waals surface area contributed by atoms with Gasteiger partial charge in [-0.3, -0.25) is 4.79 Å². The maximum Gasteiger partial charge on any atom is 0.259 e. The summed E-state index contributed by atoms with van der Waals surface area (Å²) in [5, 5.41) is 2.92. The van der Waals surface area contributed by atoms with Gasteiger partial charge in [-0.2, -0.15) is 0 Å². The molecule has 2 rings (SSSR count). The lowest BCUT2D eigenvalue weighted by atomic mass is 10.1. The quantitative estimate of drug-likeness (QED) is 0.846. The fourth-order valence-corrected chi connectivity index (χ4v) is 2.23. The summed E-state index contributed by atoms with van der Waals surface area (Å²) in [6, 6.07) is 7.67. The number of carbonyl (C=O) groups is 1. The number of benzene rings is 1. The molecule has 2 aromatic rings. The van der Waals surface area contributed by atoms with Gasteiger partial charge in [0.25, 0.3) is 5.91 Å². The molecule has 94 valence electrons. The van der Waals surface area contributed by atoms with Crippen LogP contribution in [0.4, 0.5) is 5.69 Å². The van der Waals surface area contributed by atoms with Crippen molar-refractivity contribution in [2.45, 2.75) is 20.3 Å². The maximum atomic E-state index is 12.1. The minimum Gasteiger partial charge on any atom is -0.469 e. The van der Waals surface area contributed by atoms with Crippen LogP contribution in [0.3, 0.4) is 0 Å². The van der Waals surface area contributed by atoms with Gasteiger partial charge in [-0.25, -0.2) is 0 Å². The summed E-state index contributed by atoms with van der Waals surface area (Å²) in [6.07, 6.45) is 2.26. The topological polar surface area (TPSA) is 42.2 Å². The van der Waals surface area contributed by atoms with Gasteiger partial charge in [0.15, 0.2) is 0 Å². The van der Waals surface area contributed by atoms with E-state index in [1.807, 2.05) is 32.0 Å². The van der Waals surface area contributed by atoms with E-state index in [1.165, 1.54) is 0 Å². The van der Waals surface area contributed by atoms with Crippen LogP contribution in [-0.4, -0.2) is 5.91 Å². The first-order chi connectivity index (χ1) is 8.61. The number of carbonyl (C=O) groups excluding carboxylic acids is 1. The van der Waals surface area contributed by atoms with E-state index in [1.54, 1.807) is 12.3 Å². The number of hydrogen-bond donors (Lipinski definition) is 1. The Bertz CT molecular complexity index is 575. The number of anilines is 1. The minimum atomic E-state index is -0.120. The van der Waals surface area contributed by atoms with Crippen molar-refractivity contribution in [3.8, 4) is 0 Å². The van der Waals surface area contributed by atoms with Crippen LogP contribution in [0.25, 0.3) is 0 Å². The first-order valence-corrected chi connectivity index (χ1v) is 6.83. The Morgan fingerprint density at radius 2 is 2.17 bits per heavy atom. The number of hydrogen-bond acceptors (Lipinski definition) is 2. The van der Waals surface area contributed by atoms with Gasteiger partial charge in [0.05, 0.1) is 11.8 Å². The van der Waals surface area contributed by atoms with E-state index in [4.69, 9.17) is 4.42 Å². The molecule has 18 heavy (non-hydrogen) atoms. The normalized spacial score (nSPS) is 10.4. The Labute approximate surface area is 120 Å². The zero-order valence-electron chi connectivity index (χ0n) is 10.3. The fraction of sp³-hybridized carbons (Fsp3) is 0.214. The van der Waals surface area contributed by atoms with Gasteiger partial charge < -0.3 is 9.73 Å². The molecule has 0 aliphatic rings. The molecule has 0 saturated carbocycles. The third kappa shape index (κ3) is 2.75. The summed E-state index contributed by atoms with van der Waals surface area (Å²) in [5.74, 6) is 0.599. The highest BCUT2D eigenvalue weighted by Crippen LogP contribution is 2.20. The summed E-state index contributed by atoms with van der Waals surface area (Å²) >= 11 is 2.23. The first-order valence-electron chi connectivity index (χ1n) is 5.75. The van der Waals surface area contributed by atoms with E-state index in [2.05, 4.69) is 27.9 Å².